The fourth-order valence-electron chi connectivity index (χ4n) is 4.01. The summed E-state index contributed by atoms with van der Waals surface area (Å²) in [6.07, 6.45) is 4.87. The topological polar surface area (TPSA) is 45.6 Å². The third-order valence-corrected chi connectivity index (χ3v) is 6.09. The van der Waals surface area contributed by atoms with Crippen molar-refractivity contribution in [2.75, 3.05) is 13.1 Å². The normalized spacial score (nSPS) is 17.8. The van der Waals surface area contributed by atoms with Gasteiger partial charge >= 0.3 is 0 Å². The average molecular weight is 410 g/mol. The molecule has 0 spiro atoms. The summed E-state index contributed by atoms with van der Waals surface area (Å²) in [7, 11) is 2.00. The Bertz CT molecular complexity index is 843. The molecule has 2 atom stereocenters. The number of nitrogens with zero attached hydrogens (tertiary/aromatic N) is 3. The standard InChI is InChI=1S/C25H35N3O2/c1-5-6-15-27(17-21-13-10-14-26(21)4)24(29)18-28(19(2)3)25(30)23-16-22(23)20-11-8-7-9-12-20/h7-14,19,22-23H,5-6,15-18H2,1-4H3/t22-,23-/m0/s1. The highest BCUT2D eigenvalue weighted by molar-refractivity contribution is 5.88. The van der Waals surface area contributed by atoms with Crippen LogP contribution >= 0.6 is 0 Å². The summed E-state index contributed by atoms with van der Waals surface area (Å²) in [6.45, 7) is 7.58. The van der Waals surface area contributed by atoms with E-state index >= 15 is 0 Å². The second-order valence-corrected chi connectivity index (χ2v) is 8.70. The summed E-state index contributed by atoms with van der Waals surface area (Å²) >= 11 is 0. The van der Waals surface area contributed by atoms with E-state index in [1.54, 1.807) is 4.90 Å². The van der Waals surface area contributed by atoms with Crippen LogP contribution in [-0.2, 0) is 23.2 Å². The molecule has 1 aromatic heterocycles. The van der Waals surface area contributed by atoms with Gasteiger partial charge in [0.2, 0.25) is 11.8 Å². The van der Waals surface area contributed by atoms with Crippen LogP contribution in [0.5, 0.6) is 0 Å². The Morgan fingerprint density at radius 2 is 1.87 bits per heavy atom. The van der Waals surface area contributed by atoms with Gasteiger partial charge in [-0.3, -0.25) is 9.59 Å². The molecule has 1 saturated carbocycles. The Kier molecular flexibility index (Phi) is 7.35. The van der Waals surface area contributed by atoms with E-state index in [1.165, 1.54) is 5.56 Å². The SMILES string of the molecule is CCCCN(Cc1cccn1C)C(=O)CN(C(=O)[C@H]1C[C@H]1c1ccccc1)C(C)C. The van der Waals surface area contributed by atoms with Crippen molar-refractivity contribution in [3.8, 4) is 0 Å². The largest absolute Gasteiger partial charge is 0.353 e. The molecule has 0 saturated heterocycles. The van der Waals surface area contributed by atoms with Crippen LogP contribution in [0.2, 0.25) is 0 Å². The van der Waals surface area contributed by atoms with Gasteiger partial charge in [0.1, 0.15) is 0 Å². The quantitative estimate of drug-likeness (QED) is 0.590. The summed E-state index contributed by atoms with van der Waals surface area (Å²) in [5.41, 5.74) is 2.33. The van der Waals surface area contributed by atoms with Crippen molar-refractivity contribution in [1.29, 1.82) is 0 Å². The first-order valence-corrected chi connectivity index (χ1v) is 11.2. The summed E-state index contributed by atoms with van der Waals surface area (Å²) in [4.78, 5) is 30.1. The van der Waals surface area contributed by atoms with Crippen LogP contribution in [0.3, 0.4) is 0 Å². The number of aromatic nitrogens is 1. The molecule has 3 rings (SSSR count). The Morgan fingerprint density at radius 3 is 2.47 bits per heavy atom. The van der Waals surface area contributed by atoms with E-state index in [0.29, 0.717) is 6.54 Å². The monoisotopic (exact) mass is 409 g/mol. The van der Waals surface area contributed by atoms with E-state index < -0.39 is 0 Å². The molecule has 2 amide bonds. The molecular weight excluding hydrogens is 374 g/mol. The summed E-state index contributed by atoms with van der Waals surface area (Å²) in [6, 6.07) is 14.3. The number of carbonyl (C=O) groups excluding carboxylic acids is 2. The van der Waals surface area contributed by atoms with Crippen molar-refractivity contribution in [3.05, 3.63) is 59.9 Å². The van der Waals surface area contributed by atoms with E-state index in [9.17, 15) is 9.59 Å². The minimum absolute atomic E-state index is 0.000402. The molecule has 30 heavy (non-hydrogen) atoms. The molecule has 5 nitrogen and oxygen atoms in total. The highest BCUT2D eigenvalue weighted by atomic mass is 16.2. The molecule has 2 aromatic rings. The first-order chi connectivity index (χ1) is 14.4. The molecule has 1 aromatic carbocycles. The maximum atomic E-state index is 13.2. The van der Waals surface area contributed by atoms with Gasteiger partial charge in [0.05, 0.1) is 13.1 Å². The van der Waals surface area contributed by atoms with Crippen molar-refractivity contribution >= 4 is 11.8 Å². The average Bonchev–Trinajstić information content (AvgIpc) is 3.45. The maximum absolute atomic E-state index is 13.2. The summed E-state index contributed by atoms with van der Waals surface area (Å²) < 4.78 is 2.05. The molecule has 162 valence electrons. The zero-order chi connectivity index (χ0) is 21.7. The lowest BCUT2D eigenvalue weighted by molar-refractivity contribution is -0.143. The fraction of sp³-hybridized carbons (Fsp3) is 0.520. The Balaban J connectivity index is 1.67. The number of carbonyl (C=O) groups is 2. The highest BCUT2D eigenvalue weighted by Crippen LogP contribution is 2.48. The third-order valence-electron chi connectivity index (χ3n) is 6.09. The van der Waals surface area contributed by atoms with Crippen LogP contribution in [-0.4, -0.2) is 45.3 Å². The first-order valence-electron chi connectivity index (χ1n) is 11.2. The van der Waals surface area contributed by atoms with Gasteiger partial charge in [-0.1, -0.05) is 43.7 Å². The van der Waals surface area contributed by atoms with Crippen LogP contribution in [0, 0.1) is 5.92 Å². The lowest BCUT2D eigenvalue weighted by atomic mass is 10.1. The van der Waals surface area contributed by atoms with E-state index in [1.807, 2.05) is 66.9 Å². The number of hydrogen-bond acceptors (Lipinski definition) is 2. The van der Waals surface area contributed by atoms with E-state index in [4.69, 9.17) is 0 Å². The minimum atomic E-state index is -0.000402. The van der Waals surface area contributed by atoms with Crippen molar-refractivity contribution in [2.24, 2.45) is 13.0 Å². The van der Waals surface area contributed by atoms with Crippen LogP contribution in [0.25, 0.3) is 0 Å². The van der Waals surface area contributed by atoms with E-state index in [2.05, 4.69) is 19.1 Å². The predicted molar refractivity (Wildman–Crippen MR) is 120 cm³/mol. The number of aryl methyl sites for hydroxylation is 1. The van der Waals surface area contributed by atoms with Crippen LogP contribution in [0.4, 0.5) is 0 Å². The van der Waals surface area contributed by atoms with Crippen LogP contribution in [0.1, 0.15) is 57.2 Å². The van der Waals surface area contributed by atoms with Crippen molar-refractivity contribution in [2.45, 2.75) is 58.5 Å². The molecule has 0 aliphatic heterocycles. The third kappa shape index (κ3) is 5.32. The predicted octanol–water partition coefficient (Wildman–Crippen LogP) is 4.19. The molecule has 0 unspecified atom stereocenters. The summed E-state index contributed by atoms with van der Waals surface area (Å²) in [5.74, 6) is 0.430. The molecule has 0 N–H and O–H groups in total. The zero-order valence-electron chi connectivity index (χ0n) is 18.8. The highest BCUT2D eigenvalue weighted by Gasteiger charge is 2.46. The van der Waals surface area contributed by atoms with Gasteiger partial charge in [-0.05, 0) is 50.3 Å². The molecule has 1 aliphatic carbocycles. The van der Waals surface area contributed by atoms with E-state index in [0.717, 1.165) is 31.5 Å². The molecule has 1 fully saturated rings. The number of unbranched alkanes of at least 4 members (excludes halogenated alkanes) is 1. The van der Waals surface area contributed by atoms with Gasteiger partial charge in [0.25, 0.3) is 0 Å². The number of hydrogen-bond donors (Lipinski definition) is 0. The summed E-state index contributed by atoms with van der Waals surface area (Å²) in [5, 5.41) is 0. The molecule has 1 heterocycles. The minimum Gasteiger partial charge on any atom is -0.353 e. The Morgan fingerprint density at radius 1 is 1.13 bits per heavy atom. The second-order valence-electron chi connectivity index (χ2n) is 8.70. The van der Waals surface area contributed by atoms with Gasteiger partial charge in [-0.2, -0.15) is 0 Å². The number of amides is 2. The second kappa shape index (κ2) is 9.96. The number of benzene rings is 1. The van der Waals surface area contributed by atoms with Crippen molar-refractivity contribution in [3.63, 3.8) is 0 Å². The Hall–Kier alpha value is -2.56. The fourth-order valence-corrected chi connectivity index (χ4v) is 4.01. The van der Waals surface area contributed by atoms with Gasteiger partial charge < -0.3 is 14.4 Å². The van der Waals surface area contributed by atoms with Gasteiger partial charge in [-0.25, -0.2) is 0 Å². The van der Waals surface area contributed by atoms with Gasteiger partial charge in [-0.15, -0.1) is 0 Å². The first kappa shape index (κ1) is 22.1. The molecule has 0 bridgehead atoms. The molecule has 1 aliphatic rings. The molecule has 5 heteroatoms. The molecular formula is C25H35N3O2. The van der Waals surface area contributed by atoms with Crippen LogP contribution < -0.4 is 0 Å². The number of rotatable bonds is 10. The lowest BCUT2D eigenvalue weighted by Gasteiger charge is -2.30. The van der Waals surface area contributed by atoms with Crippen LogP contribution in [0.15, 0.2) is 48.7 Å². The Labute approximate surface area is 180 Å². The van der Waals surface area contributed by atoms with Crippen molar-refractivity contribution in [1.82, 2.24) is 14.4 Å². The van der Waals surface area contributed by atoms with Gasteiger partial charge in [0, 0.05) is 37.4 Å². The zero-order valence-corrected chi connectivity index (χ0v) is 18.8. The van der Waals surface area contributed by atoms with Gasteiger partial charge in [0.15, 0.2) is 0 Å². The molecule has 0 radical (unpaired) electrons. The smallest absolute Gasteiger partial charge is 0.242 e. The lowest BCUT2D eigenvalue weighted by Crippen LogP contribution is -2.46. The maximum Gasteiger partial charge on any atom is 0.242 e. The van der Waals surface area contributed by atoms with E-state index in [-0.39, 0.29) is 36.2 Å². The van der Waals surface area contributed by atoms with Crippen molar-refractivity contribution < 1.29 is 9.59 Å².